The monoisotopic (exact) mass is 323 g/mol. The van der Waals surface area contributed by atoms with Crippen LogP contribution in [0.4, 0.5) is 5.69 Å². The Hall–Kier alpha value is -2.55. The van der Waals surface area contributed by atoms with Crippen LogP contribution in [0.2, 0.25) is 0 Å². The first-order valence-electron chi connectivity index (χ1n) is 8.21. The van der Waals surface area contributed by atoms with Gasteiger partial charge in [0.1, 0.15) is 5.75 Å². The predicted molar refractivity (Wildman–Crippen MR) is 100 cm³/mol. The zero-order valence-electron chi connectivity index (χ0n) is 14.8. The number of benzene rings is 2. The van der Waals surface area contributed by atoms with Crippen molar-refractivity contribution in [1.29, 1.82) is 0 Å². The van der Waals surface area contributed by atoms with Crippen molar-refractivity contribution < 1.29 is 9.53 Å². The largest absolute Gasteiger partial charge is 0.494 e. The van der Waals surface area contributed by atoms with Crippen molar-refractivity contribution in [2.75, 3.05) is 11.9 Å². The minimum absolute atomic E-state index is 0.107. The Morgan fingerprint density at radius 2 is 1.67 bits per heavy atom. The Bertz CT molecular complexity index is 692. The number of nitrogens with one attached hydrogen (secondary N) is 1. The molecule has 0 spiro atoms. The van der Waals surface area contributed by atoms with Crippen molar-refractivity contribution in [1.82, 2.24) is 0 Å². The van der Waals surface area contributed by atoms with Gasteiger partial charge in [0.2, 0.25) is 5.91 Å². The van der Waals surface area contributed by atoms with Crippen LogP contribution in [-0.4, -0.2) is 12.5 Å². The summed E-state index contributed by atoms with van der Waals surface area (Å²) in [5, 5.41) is 2.87. The van der Waals surface area contributed by atoms with Gasteiger partial charge in [0.15, 0.2) is 0 Å². The Kier molecular flexibility index (Phi) is 5.80. The first-order chi connectivity index (χ1) is 11.4. The average Bonchev–Trinajstić information content (AvgIpc) is 2.54. The molecule has 0 heterocycles. The van der Waals surface area contributed by atoms with E-state index in [1.165, 1.54) is 11.6 Å². The number of ether oxygens (including phenoxy) is 1. The smallest absolute Gasteiger partial charge is 0.248 e. The SMILES string of the molecule is CCOc1ccc(/C=C/C(=O)Nc2ccc(C(C)(C)C)cc2)cc1. The van der Waals surface area contributed by atoms with Gasteiger partial charge in [0, 0.05) is 11.8 Å². The van der Waals surface area contributed by atoms with E-state index >= 15 is 0 Å². The van der Waals surface area contributed by atoms with Crippen molar-refractivity contribution in [3.05, 3.63) is 65.7 Å². The summed E-state index contributed by atoms with van der Waals surface area (Å²) in [6, 6.07) is 15.6. The summed E-state index contributed by atoms with van der Waals surface area (Å²) in [4.78, 5) is 12.0. The summed E-state index contributed by atoms with van der Waals surface area (Å²) in [6.45, 7) is 9.10. The van der Waals surface area contributed by atoms with Crippen LogP contribution in [0.3, 0.4) is 0 Å². The maximum atomic E-state index is 12.0. The maximum Gasteiger partial charge on any atom is 0.248 e. The first kappa shape index (κ1) is 17.8. The average molecular weight is 323 g/mol. The van der Waals surface area contributed by atoms with Crippen LogP contribution < -0.4 is 10.1 Å². The molecule has 0 aliphatic heterocycles. The molecule has 0 unspecified atom stereocenters. The molecule has 0 aromatic heterocycles. The highest BCUT2D eigenvalue weighted by atomic mass is 16.5. The molecule has 2 rings (SSSR count). The molecule has 0 saturated heterocycles. The second-order valence-corrected chi connectivity index (χ2v) is 6.65. The maximum absolute atomic E-state index is 12.0. The van der Waals surface area contributed by atoms with Crippen molar-refractivity contribution in [3.63, 3.8) is 0 Å². The Morgan fingerprint density at radius 3 is 2.21 bits per heavy atom. The van der Waals surface area contributed by atoms with Crippen molar-refractivity contribution in [3.8, 4) is 5.75 Å². The summed E-state index contributed by atoms with van der Waals surface area (Å²) in [5.41, 5.74) is 3.10. The fourth-order valence-corrected chi connectivity index (χ4v) is 2.25. The summed E-state index contributed by atoms with van der Waals surface area (Å²) in [7, 11) is 0. The van der Waals surface area contributed by atoms with Gasteiger partial charge in [-0.15, -0.1) is 0 Å². The molecule has 0 fully saturated rings. The van der Waals surface area contributed by atoms with Crippen LogP contribution in [-0.2, 0) is 10.2 Å². The molecule has 1 N–H and O–H groups in total. The predicted octanol–water partition coefficient (Wildman–Crippen LogP) is 5.03. The van der Waals surface area contributed by atoms with Gasteiger partial charge in [-0.3, -0.25) is 4.79 Å². The summed E-state index contributed by atoms with van der Waals surface area (Å²) >= 11 is 0. The van der Waals surface area contributed by atoms with Crippen LogP contribution in [0.5, 0.6) is 5.75 Å². The Balaban J connectivity index is 1.95. The Morgan fingerprint density at radius 1 is 1.04 bits per heavy atom. The van der Waals surface area contributed by atoms with E-state index in [2.05, 4.69) is 26.1 Å². The fourth-order valence-electron chi connectivity index (χ4n) is 2.25. The third kappa shape index (κ3) is 5.27. The minimum Gasteiger partial charge on any atom is -0.494 e. The lowest BCUT2D eigenvalue weighted by Crippen LogP contribution is -2.12. The lowest BCUT2D eigenvalue weighted by molar-refractivity contribution is -0.111. The lowest BCUT2D eigenvalue weighted by Gasteiger charge is -2.19. The Labute approximate surface area is 144 Å². The number of hydrogen-bond acceptors (Lipinski definition) is 2. The quantitative estimate of drug-likeness (QED) is 0.783. The summed E-state index contributed by atoms with van der Waals surface area (Å²) in [6.07, 6.45) is 3.32. The van der Waals surface area contributed by atoms with Gasteiger partial charge in [-0.1, -0.05) is 45.0 Å². The highest BCUT2D eigenvalue weighted by Gasteiger charge is 2.12. The van der Waals surface area contributed by atoms with Gasteiger partial charge in [-0.2, -0.15) is 0 Å². The van der Waals surface area contributed by atoms with Crippen LogP contribution in [0, 0.1) is 0 Å². The third-order valence-corrected chi connectivity index (χ3v) is 3.64. The molecule has 0 aliphatic carbocycles. The van der Waals surface area contributed by atoms with E-state index in [0.717, 1.165) is 17.0 Å². The van der Waals surface area contributed by atoms with E-state index < -0.39 is 0 Å². The van der Waals surface area contributed by atoms with Crippen LogP contribution in [0.25, 0.3) is 6.08 Å². The molecule has 1 amide bonds. The van der Waals surface area contributed by atoms with Gasteiger partial charge in [-0.05, 0) is 53.8 Å². The molecule has 0 atom stereocenters. The van der Waals surface area contributed by atoms with Crippen molar-refractivity contribution in [2.24, 2.45) is 0 Å². The summed E-state index contributed by atoms with van der Waals surface area (Å²) < 4.78 is 5.40. The van der Waals surface area contributed by atoms with Crippen molar-refractivity contribution >= 4 is 17.7 Å². The molecule has 3 nitrogen and oxygen atoms in total. The van der Waals surface area contributed by atoms with Gasteiger partial charge < -0.3 is 10.1 Å². The molecule has 24 heavy (non-hydrogen) atoms. The standard InChI is InChI=1S/C21H25NO2/c1-5-24-19-13-6-16(7-14-19)8-15-20(23)22-18-11-9-17(10-12-18)21(2,3)4/h6-15H,5H2,1-4H3,(H,22,23)/b15-8+. The van der Waals surface area contributed by atoms with E-state index in [1.807, 2.05) is 55.5 Å². The van der Waals surface area contributed by atoms with Gasteiger partial charge in [-0.25, -0.2) is 0 Å². The lowest BCUT2D eigenvalue weighted by atomic mass is 9.87. The summed E-state index contributed by atoms with van der Waals surface area (Å²) in [5.74, 6) is 0.686. The molecule has 0 saturated carbocycles. The second-order valence-electron chi connectivity index (χ2n) is 6.65. The topological polar surface area (TPSA) is 38.3 Å². The molecular formula is C21H25NO2. The van der Waals surface area contributed by atoms with Crippen LogP contribution in [0.1, 0.15) is 38.8 Å². The zero-order chi connectivity index (χ0) is 17.6. The van der Waals surface area contributed by atoms with Crippen LogP contribution in [0.15, 0.2) is 54.6 Å². The molecule has 126 valence electrons. The van der Waals surface area contributed by atoms with E-state index in [1.54, 1.807) is 6.08 Å². The van der Waals surface area contributed by atoms with Gasteiger partial charge in [0.05, 0.1) is 6.61 Å². The minimum atomic E-state index is -0.146. The number of anilines is 1. The molecule has 0 bridgehead atoms. The number of rotatable bonds is 5. The van der Waals surface area contributed by atoms with Crippen molar-refractivity contribution in [2.45, 2.75) is 33.1 Å². The fraction of sp³-hybridized carbons (Fsp3) is 0.286. The molecule has 0 aliphatic rings. The van der Waals surface area contributed by atoms with Gasteiger partial charge >= 0.3 is 0 Å². The molecule has 3 heteroatoms. The first-order valence-corrected chi connectivity index (χ1v) is 8.21. The highest BCUT2D eigenvalue weighted by molar-refractivity contribution is 6.01. The molecular weight excluding hydrogens is 298 g/mol. The number of hydrogen-bond donors (Lipinski definition) is 1. The molecule has 2 aromatic carbocycles. The number of carbonyl (C=O) groups is 1. The normalized spacial score (nSPS) is 11.5. The molecule has 2 aromatic rings. The van der Waals surface area contributed by atoms with Gasteiger partial charge in [0.25, 0.3) is 0 Å². The third-order valence-electron chi connectivity index (χ3n) is 3.64. The molecule has 0 radical (unpaired) electrons. The highest BCUT2D eigenvalue weighted by Crippen LogP contribution is 2.23. The van der Waals surface area contributed by atoms with E-state index in [0.29, 0.717) is 6.61 Å². The van der Waals surface area contributed by atoms with E-state index in [4.69, 9.17) is 4.74 Å². The van der Waals surface area contributed by atoms with Crippen LogP contribution >= 0.6 is 0 Å². The number of carbonyl (C=O) groups excluding carboxylic acids is 1. The number of amides is 1. The second kappa shape index (κ2) is 7.82. The zero-order valence-corrected chi connectivity index (χ0v) is 14.8. The van der Waals surface area contributed by atoms with E-state index in [9.17, 15) is 4.79 Å². The van der Waals surface area contributed by atoms with E-state index in [-0.39, 0.29) is 11.3 Å².